The Hall–Kier alpha value is -2.70. The number of carbonyl (C=O) groups is 1. The molecule has 0 bridgehead atoms. The Labute approximate surface area is 103 Å². The van der Waals surface area contributed by atoms with E-state index in [0.29, 0.717) is 11.4 Å². The number of carbonyl (C=O) groups excluding carboxylic acids is 1. The second-order valence-corrected chi connectivity index (χ2v) is 3.57. The minimum absolute atomic E-state index is 0.239. The number of aromatic nitrogens is 3. The van der Waals surface area contributed by atoms with E-state index in [0.717, 1.165) is 0 Å². The van der Waals surface area contributed by atoms with Gasteiger partial charge < -0.3 is 16.8 Å². The van der Waals surface area contributed by atoms with Crippen LogP contribution in [-0.2, 0) is 4.79 Å². The maximum atomic E-state index is 11.4. The Morgan fingerprint density at radius 1 is 1.33 bits per heavy atom. The zero-order valence-corrected chi connectivity index (χ0v) is 9.45. The normalized spacial score (nSPS) is 11.8. The van der Waals surface area contributed by atoms with Crippen LogP contribution in [0.3, 0.4) is 0 Å². The highest BCUT2D eigenvalue weighted by Gasteiger charge is 2.18. The lowest BCUT2D eigenvalue weighted by molar-refractivity contribution is -0.118. The van der Waals surface area contributed by atoms with Gasteiger partial charge in [0.1, 0.15) is 11.9 Å². The Kier molecular flexibility index (Phi) is 3.33. The van der Waals surface area contributed by atoms with Crippen molar-refractivity contribution in [2.75, 3.05) is 11.1 Å². The quantitative estimate of drug-likeness (QED) is 0.701. The SMILES string of the molecule is NC(=O)C(Nc1nccc(N)n1)c1cccnc1. The molecule has 0 spiro atoms. The van der Waals surface area contributed by atoms with Gasteiger partial charge in [0.15, 0.2) is 0 Å². The zero-order valence-electron chi connectivity index (χ0n) is 9.45. The van der Waals surface area contributed by atoms with Gasteiger partial charge in [-0.05, 0) is 12.1 Å². The van der Waals surface area contributed by atoms with E-state index in [-0.39, 0.29) is 5.95 Å². The number of nitrogens with one attached hydrogen (secondary N) is 1. The summed E-state index contributed by atoms with van der Waals surface area (Å²) in [5, 5.41) is 2.82. The maximum Gasteiger partial charge on any atom is 0.244 e. The molecular weight excluding hydrogens is 232 g/mol. The summed E-state index contributed by atoms with van der Waals surface area (Å²) in [6.07, 6.45) is 4.65. The van der Waals surface area contributed by atoms with Crippen molar-refractivity contribution < 1.29 is 4.79 Å². The van der Waals surface area contributed by atoms with E-state index in [4.69, 9.17) is 11.5 Å². The lowest BCUT2D eigenvalue weighted by Crippen LogP contribution is -2.28. The number of nitrogens with zero attached hydrogens (tertiary/aromatic N) is 3. The molecule has 92 valence electrons. The predicted molar refractivity (Wildman–Crippen MR) is 66.2 cm³/mol. The first-order valence-electron chi connectivity index (χ1n) is 5.21. The van der Waals surface area contributed by atoms with E-state index in [2.05, 4.69) is 20.3 Å². The molecule has 7 nitrogen and oxygen atoms in total. The fraction of sp³-hybridized carbons (Fsp3) is 0.0909. The summed E-state index contributed by atoms with van der Waals surface area (Å²) in [4.78, 5) is 23.3. The van der Waals surface area contributed by atoms with Crippen molar-refractivity contribution in [3.8, 4) is 0 Å². The number of rotatable bonds is 4. The van der Waals surface area contributed by atoms with Crippen LogP contribution in [0.2, 0.25) is 0 Å². The summed E-state index contributed by atoms with van der Waals surface area (Å²) in [6.45, 7) is 0. The van der Waals surface area contributed by atoms with E-state index >= 15 is 0 Å². The van der Waals surface area contributed by atoms with Crippen LogP contribution in [0.25, 0.3) is 0 Å². The lowest BCUT2D eigenvalue weighted by atomic mass is 10.1. The average Bonchev–Trinajstić information content (AvgIpc) is 2.37. The first-order valence-corrected chi connectivity index (χ1v) is 5.21. The topological polar surface area (TPSA) is 120 Å². The van der Waals surface area contributed by atoms with Gasteiger partial charge in [-0.1, -0.05) is 6.07 Å². The van der Waals surface area contributed by atoms with Crippen molar-refractivity contribution >= 4 is 17.7 Å². The third kappa shape index (κ3) is 2.70. The Bertz CT molecular complexity index is 544. The van der Waals surface area contributed by atoms with Gasteiger partial charge in [0.2, 0.25) is 11.9 Å². The molecular formula is C11H12N6O. The molecule has 2 aromatic rings. The third-order valence-corrected chi connectivity index (χ3v) is 2.25. The van der Waals surface area contributed by atoms with Gasteiger partial charge in [-0.25, -0.2) is 4.98 Å². The standard InChI is InChI=1S/C11H12N6O/c12-8-3-5-15-11(16-8)17-9(10(13)18)7-2-1-4-14-6-7/h1-6,9H,(H2,13,18)(H3,12,15,16,17). The van der Waals surface area contributed by atoms with Gasteiger partial charge >= 0.3 is 0 Å². The number of nitrogen functional groups attached to an aromatic ring is 1. The van der Waals surface area contributed by atoms with Crippen molar-refractivity contribution in [2.24, 2.45) is 5.73 Å². The molecule has 0 aliphatic rings. The number of amides is 1. The van der Waals surface area contributed by atoms with Crippen LogP contribution < -0.4 is 16.8 Å². The largest absolute Gasteiger partial charge is 0.384 e. The lowest BCUT2D eigenvalue weighted by Gasteiger charge is -2.15. The highest BCUT2D eigenvalue weighted by Crippen LogP contribution is 2.16. The van der Waals surface area contributed by atoms with Gasteiger partial charge in [-0.3, -0.25) is 9.78 Å². The van der Waals surface area contributed by atoms with Crippen molar-refractivity contribution in [1.82, 2.24) is 15.0 Å². The third-order valence-electron chi connectivity index (χ3n) is 2.25. The van der Waals surface area contributed by atoms with Crippen molar-refractivity contribution in [3.63, 3.8) is 0 Å². The second-order valence-electron chi connectivity index (χ2n) is 3.57. The van der Waals surface area contributed by atoms with Crippen LogP contribution in [-0.4, -0.2) is 20.9 Å². The Morgan fingerprint density at radius 3 is 2.78 bits per heavy atom. The molecule has 2 rings (SSSR count). The van der Waals surface area contributed by atoms with E-state index in [1.165, 1.54) is 6.20 Å². The molecule has 7 heteroatoms. The highest BCUT2D eigenvalue weighted by molar-refractivity contribution is 5.83. The molecule has 0 saturated heterocycles. The molecule has 0 aliphatic heterocycles. The summed E-state index contributed by atoms with van der Waals surface area (Å²) in [5.74, 6) is -0.00131. The summed E-state index contributed by atoms with van der Waals surface area (Å²) in [7, 11) is 0. The summed E-state index contributed by atoms with van der Waals surface area (Å²) in [5.41, 5.74) is 11.5. The molecule has 18 heavy (non-hydrogen) atoms. The minimum atomic E-state index is -0.750. The van der Waals surface area contributed by atoms with Crippen LogP contribution in [0, 0.1) is 0 Å². The highest BCUT2D eigenvalue weighted by atomic mass is 16.1. The molecule has 0 aliphatic carbocycles. The van der Waals surface area contributed by atoms with E-state index < -0.39 is 11.9 Å². The molecule has 0 saturated carbocycles. The zero-order chi connectivity index (χ0) is 13.0. The second kappa shape index (κ2) is 5.09. The molecule has 5 N–H and O–H groups in total. The molecule has 0 fully saturated rings. The van der Waals surface area contributed by atoms with Gasteiger partial charge in [0, 0.05) is 24.2 Å². The number of anilines is 2. The van der Waals surface area contributed by atoms with Crippen LogP contribution >= 0.6 is 0 Å². The minimum Gasteiger partial charge on any atom is -0.384 e. The first kappa shape index (κ1) is 11.8. The molecule has 1 amide bonds. The monoisotopic (exact) mass is 244 g/mol. The van der Waals surface area contributed by atoms with Crippen LogP contribution in [0.15, 0.2) is 36.8 Å². The molecule has 0 aromatic carbocycles. The Balaban J connectivity index is 2.25. The van der Waals surface area contributed by atoms with Crippen molar-refractivity contribution in [2.45, 2.75) is 6.04 Å². The number of primary amides is 1. The van der Waals surface area contributed by atoms with Gasteiger partial charge in [0.05, 0.1) is 0 Å². The summed E-state index contributed by atoms with van der Waals surface area (Å²) < 4.78 is 0. The van der Waals surface area contributed by atoms with Crippen LogP contribution in [0.5, 0.6) is 0 Å². The predicted octanol–water partition coefficient (Wildman–Crippen LogP) is 0.0923. The first-order chi connectivity index (χ1) is 8.66. The summed E-state index contributed by atoms with van der Waals surface area (Å²) in [6, 6.07) is 4.25. The number of hydrogen-bond donors (Lipinski definition) is 3. The van der Waals surface area contributed by atoms with Crippen molar-refractivity contribution in [3.05, 3.63) is 42.4 Å². The number of nitrogens with two attached hydrogens (primary N) is 2. The van der Waals surface area contributed by atoms with Crippen LogP contribution in [0.4, 0.5) is 11.8 Å². The molecule has 1 unspecified atom stereocenters. The van der Waals surface area contributed by atoms with E-state index in [1.54, 1.807) is 30.6 Å². The fourth-order valence-corrected chi connectivity index (χ4v) is 1.44. The van der Waals surface area contributed by atoms with Gasteiger partial charge in [-0.2, -0.15) is 4.98 Å². The maximum absolute atomic E-state index is 11.4. The Morgan fingerprint density at radius 2 is 2.17 bits per heavy atom. The van der Waals surface area contributed by atoms with Crippen molar-refractivity contribution in [1.29, 1.82) is 0 Å². The number of pyridine rings is 1. The average molecular weight is 244 g/mol. The fourth-order valence-electron chi connectivity index (χ4n) is 1.44. The smallest absolute Gasteiger partial charge is 0.244 e. The number of hydrogen-bond acceptors (Lipinski definition) is 6. The molecule has 0 radical (unpaired) electrons. The van der Waals surface area contributed by atoms with E-state index in [9.17, 15) is 4.79 Å². The molecule has 2 heterocycles. The van der Waals surface area contributed by atoms with E-state index in [1.807, 2.05) is 0 Å². The van der Waals surface area contributed by atoms with Crippen LogP contribution in [0.1, 0.15) is 11.6 Å². The molecule has 1 atom stereocenters. The molecule has 2 aromatic heterocycles. The van der Waals surface area contributed by atoms with Gasteiger partial charge in [-0.15, -0.1) is 0 Å². The summed E-state index contributed by atoms with van der Waals surface area (Å²) >= 11 is 0. The van der Waals surface area contributed by atoms with Gasteiger partial charge in [0.25, 0.3) is 0 Å².